The lowest BCUT2D eigenvalue weighted by Gasteiger charge is -2.03. The first kappa shape index (κ1) is 25.5. The number of carbonyl (C=O) groups is 1. The predicted octanol–water partition coefficient (Wildman–Crippen LogP) is 5.02. The Morgan fingerprint density at radius 1 is 0.784 bits per heavy atom. The van der Waals surface area contributed by atoms with E-state index >= 15 is 0 Å². The highest BCUT2D eigenvalue weighted by molar-refractivity contribution is 5.87. The number of para-hydroxylation sites is 2. The van der Waals surface area contributed by atoms with E-state index in [9.17, 15) is 9.18 Å². The molecule has 37 heavy (non-hydrogen) atoms. The molecule has 0 aliphatic rings. The van der Waals surface area contributed by atoms with Crippen molar-refractivity contribution < 1.29 is 29.3 Å². The van der Waals surface area contributed by atoms with Crippen LogP contribution in [0.5, 0.6) is 5.75 Å². The summed E-state index contributed by atoms with van der Waals surface area (Å²) in [7, 11) is 0. The van der Waals surface area contributed by atoms with Crippen molar-refractivity contribution in [3.05, 3.63) is 143 Å². The first-order valence-electron chi connectivity index (χ1n) is 12.0. The summed E-state index contributed by atoms with van der Waals surface area (Å²) >= 11 is 0. The monoisotopic (exact) mass is 496 g/mol. The van der Waals surface area contributed by atoms with E-state index in [-0.39, 0.29) is 11.4 Å². The van der Waals surface area contributed by atoms with E-state index in [4.69, 9.17) is 9.84 Å². The van der Waals surface area contributed by atoms with Crippen molar-refractivity contribution in [3.63, 3.8) is 0 Å². The van der Waals surface area contributed by atoms with E-state index in [1.54, 1.807) is 30.3 Å². The Morgan fingerprint density at radius 3 is 2.27 bits per heavy atom. The number of halogens is 1. The number of nitrogens with two attached hydrogens (primary N) is 1. The minimum Gasteiger partial charge on any atom is -0.483 e. The summed E-state index contributed by atoms with van der Waals surface area (Å²) in [6.45, 7) is 1.98. The summed E-state index contributed by atoms with van der Waals surface area (Å²) in [5, 5.41) is 12.0. The number of nitrogens with one attached hydrogen (secondary N) is 1. The number of ether oxygens (including phenoxy) is 1. The number of carboxylic acids is 1. The van der Waals surface area contributed by atoms with Crippen LogP contribution < -0.4 is 15.0 Å². The van der Waals surface area contributed by atoms with Gasteiger partial charge in [-0.05, 0) is 48.5 Å². The first-order chi connectivity index (χ1) is 18.1. The molecule has 0 atom stereocenters. The van der Waals surface area contributed by atoms with E-state index in [1.807, 2.05) is 53.8 Å². The van der Waals surface area contributed by atoms with Crippen LogP contribution in [0.4, 0.5) is 4.39 Å². The van der Waals surface area contributed by atoms with E-state index in [2.05, 4.69) is 29.2 Å². The normalized spacial score (nSPS) is 10.4. The maximum Gasteiger partial charge on any atom is 0.335 e. The molecule has 5 aromatic rings. The van der Waals surface area contributed by atoms with Gasteiger partial charge >= 0.3 is 5.97 Å². The summed E-state index contributed by atoms with van der Waals surface area (Å²) in [5.41, 5.74) is 4.46. The number of carboxylic acid groups (broad SMARTS) is 1. The fourth-order valence-electron chi connectivity index (χ4n) is 3.78. The molecule has 0 fully saturated rings. The van der Waals surface area contributed by atoms with Crippen LogP contribution in [0.3, 0.4) is 0 Å². The van der Waals surface area contributed by atoms with Crippen molar-refractivity contribution >= 4 is 16.9 Å². The highest BCUT2D eigenvalue weighted by atomic mass is 19.1. The fraction of sp³-hybridized carbons (Fsp3) is 0.0968. The van der Waals surface area contributed by atoms with Gasteiger partial charge in [-0.25, -0.2) is 14.2 Å². The van der Waals surface area contributed by atoms with Gasteiger partial charge in [-0.1, -0.05) is 54.6 Å². The van der Waals surface area contributed by atoms with Crippen molar-refractivity contribution in [1.82, 2.24) is 0 Å². The van der Waals surface area contributed by atoms with Gasteiger partial charge in [0, 0.05) is 28.6 Å². The second kappa shape index (κ2) is 13.0. The highest BCUT2D eigenvalue weighted by Gasteiger charge is 2.06. The summed E-state index contributed by atoms with van der Waals surface area (Å²) in [5.74, 6) is -0.258. The number of benzene rings is 4. The van der Waals surface area contributed by atoms with E-state index < -0.39 is 5.97 Å². The van der Waals surface area contributed by atoms with Crippen LogP contribution in [0.25, 0.3) is 10.9 Å². The van der Waals surface area contributed by atoms with Crippen molar-refractivity contribution in [2.45, 2.75) is 19.7 Å². The van der Waals surface area contributed by atoms with Crippen molar-refractivity contribution in [2.24, 2.45) is 0 Å². The number of pyridine rings is 1. The zero-order valence-electron chi connectivity index (χ0n) is 20.3. The van der Waals surface area contributed by atoms with Crippen molar-refractivity contribution in [2.75, 3.05) is 0 Å². The topological polar surface area (TPSA) is 77.3 Å². The fourth-order valence-corrected chi connectivity index (χ4v) is 3.78. The molecule has 5 nitrogen and oxygen atoms in total. The molecule has 6 heteroatoms. The van der Waals surface area contributed by atoms with E-state index in [0.717, 1.165) is 34.6 Å². The van der Waals surface area contributed by atoms with Gasteiger partial charge in [0.1, 0.15) is 24.7 Å². The molecule has 1 heterocycles. The number of rotatable bonds is 8. The van der Waals surface area contributed by atoms with Gasteiger partial charge in [0.25, 0.3) is 0 Å². The number of aromatic carboxylic acids is 1. The Labute approximate surface area is 215 Å². The Kier molecular flexibility index (Phi) is 8.94. The van der Waals surface area contributed by atoms with Crippen molar-refractivity contribution in [3.8, 4) is 5.75 Å². The number of hydrogen-bond acceptors (Lipinski definition) is 2. The Morgan fingerprint density at radius 2 is 1.51 bits per heavy atom. The van der Waals surface area contributed by atoms with Gasteiger partial charge < -0.3 is 15.2 Å². The van der Waals surface area contributed by atoms with Gasteiger partial charge in [0.15, 0.2) is 6.61 Å². The molecule has 5 rings (SSSR count). The molecule has 4 aromatic carbocycles. The molecule has 0 radical (unpaired) electrons. The molecule has 0 aliphatic heterocycles. The number of aromatic nitrogens is 1. The van der Waals surface area contributed by atoms with E-state index in [1.165, 1.54) is 17.5 Å². The Balaban J connectivity index is 0.000000173. The number of fused-ring (bicyclic) bond motifs is 1. The molecule has 4 N–H and O–H groups in total. The molecule has 0 amide bonds. The third-order valence-electron chi connectivity index (χ3n) is 5.71. The maximum absolute atomic E-state index is 13.0. The standard InChI is InChI=1S/C16H13NO.C15H14FNO2/c1-2-7-15(8-3-1)18-12-14-11-10-13-6-4-5-9-16(13)17-14;16-14-3-1-2-12(8-14)10-17-9-11-4-6-13(7-5-11)15(18)19/h1-11H,12H2;1-8,17H,9-10H2,(H,18,19)/p+2. The number of quaternary nitrogens is 1. The van der Waals surface area contributed by atoms with Gasteiger partial charge in [0.05, 0.1) is 5.56 Å². The summed E-state index contributed by atoms with van der Waals surface area (Å²) < 4.78 is 18.7. The summed E-state index contributed by atoms with van der Waals surface area (Å²) in [6, 6.07) is 35.5. The van der Waals surface area contributed by atoms with Gasteiger partial charge in [-0.2, -0.15) is 0 Å². The molecule has 0 saturated heterocycles. The Bertz CT molecular complexity index is 1440. The van der Waals surface area contributed by atoms with Gasteiger partial charge in [-0.15, -0.1) is 0 Å². The van der Waals surface area contributed by atoms with Crippen LogP contribution in [0.15, 0.2) is 115 Å². The molecule has 0 saturated carbocycles. The van der Waals surface area contributed by atoms with Gasteiger partial charge in [0.2, 0.25) is 11.2 Å². The van der Waals surface area contributed by atoms with Gasteiger partial charge in [-0.3, -0.25) is 0 Å². The second-order valence-corrected chi connectivity index (χ2v) is 8.50. The van der Waals surface area contributed by atoms with Crippen LogP contribution >= 0.6 is 0 Å². The summed E-state index contributed by atoms with van der Waals surface area (Å²) in [6.07, 6.45) is 0. The quantitative estimate of drug-likeness (QED) is 0.317. The third-order valence-corrected chi connectivity index (χ3v) is 5.71. The van der Waals surface area contributed by atoms with Crippen LogP contribution in [-0.2, 0) is 19.7 Å². The van der Waals surface area contributed by atoms with E-state index in [0.29, 0.717) is 13.2 Å². The van der Waals surface area contributed by atoms with Crippen LogP contribution in [0, 0.1) is 5.82 Å². The first-order valence-corrected chi connectivity index (χ1v) is 12.0. The smallest absolute Gasteiger partial charge is 0.335 e. The van der Waals surface area contributed by atoms with Crippen molar-refractivity contribution in [1.29, 1.82) is 0 Å². The molecule has 186 valence electrons. The zero-order chi connectivity index (χ0) is 25.9. The van der Waals surface area contributed by atoms with Crippen LogP contribution in [0.2, 0.25) is 0 Å². The minimum atomic E-state index is -0.921. The van der Waals surface area contributed by atoms with Crippen LogP contribution in [0.1, 0.15) is 27.2 Å². The van der Waals surface area contributed by atoms with Crippen LogP contribution in [-0.4, -0.2) is 11.1 Å². The molecule has 0 aliphatic carbocycles. The number of hydrogen-bond donors (Lipinski definition) is 2. The Hall–Kier alpha value is -4.55. The average Bonchev–Trinajstić information content (AvgIpc) is 2.93. The largest absolute Gasteiger partial charge is 0.483 e. The second-order valence-electron chi connectivity index (χ2n) is 8.50. The number of aromatic amines is 1. The molecule has 0 spiro atoms. The molecule has 1 aromatic heterocycles. The molecule has 0 unspecified atom stereocenters. The highest BCUT2D eigenvalue weighted by Crippen LogP contribution is 2.12. The molecular formula is C31H29FN2O3+2. The summed E-state index contributed by atoms with van der Waals surface area (Å²) in [4.78, 5) is 14.1. The SMILES string of the molecule is O=C(O)c1ccc(C[NH2+]Cc2cccc(F)c2)cc1.c1ccc(OCc2ccc3ccccc3[nH+]2)cc1. The minimum absolute atomic E-state index is 0.225. The zero-order valence-corrected chi connectivity index (χ0v) is 20.3. The number of H-pyrrole nitrogens is 1. The third kappa shape index (κ3) is 7.98. The molecular weight excluding hydrogens is 467 g/mol. The maximum atomic E-state index is 13.0. The lowest BCUT2D eigenvalue weighted by atomic mass is 10.1. The lowest BCUT2D eigenvalue weighted by Crippen LogP contribution is -2.80. The average molecular weight is 497 g/mol. The molecule has 0 bridgehead atoms. The lowest BCUT2D eigenvalue weighted by molar-refractivity contribution is -0.686. The predicted molar refractivity (Wildman–Crippen MR) is 140 cm³/mol.